The molecular formula is C17H16BrN3. The van der Waals surface area contributed by atoms with Crippen molar-refractivity contribution < 1.29 is 0 Å². The molecule has 0 atom stereocenters. The average molecular weight is 342 g/mol. The molecule has 0 unspecified atom stereocenters. The Hall–Kier alpha value is -1.91. The van der Waals surface area contributed by atoms with Crippen molar-refractivity contribution in [1.82, 2.24) is 4.98 Å². The summed E-state index contributed by atoms with van der Waals surface area (Å²) in [5, 5.41) is 2.26. The lowest BCUT2D eigenvalue weighted by Crippen LogP contribution is -2.15. The van der Waals surface area contributed by atoms with Crippen LogP contribution in [0.2, 0.25) is 0 Å². The number of anilines is 2. The van der Waals surface area contributed by atoms with Crippen molar-refractivity contribution in [3.63, 3.8) is 0 Å². The summed E-state index contributed by atoms with van der Waals surface area (Å²) in [6, 6.07) is 16.3. The van der Waals surface area contributed by atoms with Crippen LogP contribution in [0.5, 0.6) is 0 Å². The van der Waals surface area contributed by atoms with Crippen molar-refractivity contribution >= 4 is 38.2 Å². The molecule has 3 nitrogen and oxygen atoms in total. The molecule has 4 heteroatoms. The molecule has 0 fully saturated rings. The summed E-state index contributed by atoms with van der Waals surface area (Å²) >= 11 is 3.60. The summed E-state index contributed by atoms with van der Waals surface area (Å²) in [6.45, 7) is 0.509. The summed E-state index contributed by atoms with van der Waals surface area (Å²) in [7, 11) is 2.02. The van der Waals surface area contributed by atoms with E-state index in [-0.39, 0.29) is 0 Å². The second-order valence-corrected chi connectivity index (χ2v) is 5.72. The lowest BCUT2D eigenvalue weighted by molar-refractivity contribution is 1.04. The molecule has 3 rings (SSSR count). The Labute approximate surface area is 132 Å². The highest BCUT2D eigenvalue weighted by molar-refractivity contribution is 9.10. The van der Waals surface area contributed by atoms with E-state index in [0.717, 1.165) is 32.3 Å². The number of para-hydroxylation sites is 1. The Morgan fingerprint density at radius 3 is 2.67 bits per heavy atom. The van der Waals surface area contributed by atoms with Crippen LogP contribution in [-0.4, -0.2) is 12.0 Å². The van der Waals surface area contributed by atoms with E-state index < -0.39 is 0 Å². The molecule has 0 saturated carbocycles. The van der Waals surface area contributed by atoms with Gasteiger partial charge in [0.2, 0.25) is 0 Å². The molecule has 106 valence electrons. The maximum Gasteiger partial charge on any atom is 0.140 e. The third-order valence-corrected chi connectivity index (χ3v) is 4.31. The second kappa shape index (κ2) is 5.84. The maximum absolute atomic E-state index is 5.85. The number of hydrogen-bond acceptors (Lipinski definition) is 3. The molecule has 0 saturated heterocycles. The summed E-state index contributed by atoms with van der Waals surface area (Å²) in [4.78, 5) is 6.66. The van der Waals surface area contributed by atoms with Gasteiger partial charge >= 0.3 is 0 Å². The maximum atomic E-state index is 5.85. The highest BCUT2D eigenvalue weighted by Gasteiger charge is 2.13. The van der Waals surface area contributed by atoms with Crippen LogP contribution in [0.3, 0.4) is 0 Å². The van der Waals surface area contributed by atoms with Gasteiger partial charge in [-0.2, -0.15) is 0 Å². The van der Waals surface area contributed by atoms with Crippen molar-refractivity contribution in [2.45, 2.75) is 6.54 Å². The van der Waals surface area contributed by atoms with Crippen LogP contribution in [0.4, 0.5) is 11.5 Å². The van der Waals surface area contributed by atoms with E-state index >= 15 is 0 Å². The molecule has 21 heavy (non-hydrogen) atoms. The van der Waals surface area contributed by atoms with Gasteiger partial charge in [-0.25, -0.2) is 4.98 Å². The Morgan fingerprint density at radius 2 is 1.86 bits per heavy atom. The van der Waals surface area contributed by atoms with Gasteiger partial charge in [0.1, 0.15) is 5.82 Å². The molecule has 0 aliphatic heterocycles. The first kappa shape index (κ1) is 14.0. The van der Waals surface area contributed by atoms with Gasteiger partial charge in [-0.3, -0.25) is 0 Å². The van der Waals surface area contributed by atoms with Crippen LogP contribution in [0.15, 0.2) is 59.2 Å². The summed E-state index contributed by atoms with van der Waals surface area (Å²) in [5.41, 5.74) is 8.04. The van der Waals surface area contributed by atoms with Gasteiger partial charge in [0.15, 0.2) is 0 Å². The predicted molar refractivity (Wildman–Crippen MR) is 91.8 cm³/mol. The lowest BCUT2D eigenvalue weighted by atomic mass is 10.1. The molecule has 0 bridgehead atoms. The first-order valence-corrected chi connectivity index (χ1v) is 7.56. The zero-order valence-corrected chi connectivity index (χ0v) is 13.3. The zero-order valence-electron chi connectivity index (χ0n) is 11.8. The molecule has 0 aliphatic rings. The number of fused-ring (bicyclic) bond motifs is 1. The quantitative estimate of drug-likeness (QED) is 0.775. The minimum Gasteiger partial charge on any atom is -0.329 e. The molecule has 2 N–H and O–H groups in total. The van der Waals surface area contributed by atoms with Gasteiger partial charge in [-0.05, 0) is 23.8 Å². The van der Waals surface area contributed by atoms with Gasteiger partial charge in [-0.15, -0.1) is 0 Å². The van der Waals surface area contributed by atoms with Gasteiger partial charge in [0, 0.05) is 40.7 Å². The Bertz CT molecular complexity index is 786. The van der Waals surface area contributed by atoms with Crippen LogP contribution >= 0.6 is 15.9 Å². The van der Waals surface area contributed by atoms with E-state index in [4.69, 9.17) is 5.73 Å². The van der Waals surface area contributed by atoms with E-state index in [2.05, 4.69) is 37.9 Å². The van der Waals surface area contributed by atoms with Crippen molar-refractivity contribution in [2.75, 3.05) is 11.9 Å². The molecule has 1 heterocycles. The number of rotatable bonds is 3. The number of benzene rings is 2. The zero-order chi connectivity index (χ0) is 14.8. The van der Waals surface area contributed by atoms with E-state index in [9.17, 15) is 0 Å². The molecular weight excluding hydrogens is 326 g/mol. The average Bonchev–Trinajstić information content (AvgIpc) is 2.54. The van der Waals surface area contributed by atoms with Crippen molar-refractivity contribution in [3.05, 3.63) is 64.8 Å². The molecule has 1 aromatic heterocycles. The van der Waals surface area contributed by atoms with Crippen LogP contribution in [0.1, 0.15) is 5.56 Å². The third kappa shape index (κ3) is 2.52. The van der Waals surface area contributed by atoms with E-state index in [1.807, 2.05) is 49.6 Å². The SMILES string of the molecule is CN(c1ccccc1CN)c1nccc2c(Br)cccc12. The number of aromatic nitrogens is 1. The first-order valence-electron chi connectivity index (χ1n) is 6.77. The molecule has 0 amide bonds. The third-order valence-electron chi connectivity index (χ3n) is 3.62. The standard InChI is InChI=1S/C17H16BrN3/c1-21(16-8-3-2-5-12(16)11-19)17-14-6-4-7-15(18)13(14)9-10-20-17/h2-10H,11,19H2,1H3. The van der Waals surface area contributed by atoms with Crippen LogP contribution in [-0.2, 0) is 6.54 Å². The number of nitrogens with two attached hydrogens (primary N) is 1. The minimum absolute atomic E-state index is 0.509. The number of nitrogens with zero attached hydrogens (tertiary/aromatic N) is 2. The normalized spacial score (nSPS) is 10.8. The van der Waals surface area contributed by atoms with E-state index in [0.29, 0.717) is 6.54 Å². The van der Waals surface area contributed by atoms with Crippen molar-refractivity contribution in [3.8, 4) is 0 Å². The fourth-order valence-electron chi connectivity index (χ4n) is 2.55. The van der Waals surface area contributed by atoms with Gasteiger partial charge in [0.05, 0.1) is 0 Å². The van der Waals surface area contributed by atoms with Crippen LogP contribution in [0, 0.1) is 0 Å². The van der Waals surface area contributed by atoms with E-state index in [1.165, 1.54) is 0 Å². The highest BCUT2D eigenvalue weighted by atomic mass is 79.9. The summed E-state index contributed by atoms with van der Waals surface area (Å²) in [6.07, 6.45) is 1.84. The lowest BCUT2D eigenvalue weighted by Gasteiger charge is -2.22. The van der Waals surface area contributed by atoms with Crippen molar-refractivity contribution in [1.29, 1.82) is 0 Å². The second-order valence-electron chi connectivity index (χ2n) is 4.86. The fourth-order valence-corrected chi connectivity index (χ4v) is 3.04. The molecule has 0 spiro atoms. The molecule has 0 radical (unpaired) electrons. The molecule has 3 aromatic rings. The number of hydrogen-bond donors (Lipinski definition) is 1. The van der Waals surface area contributed by atoms with Crippen LogP contribution in [0.25, 0.3) is 10.8 Å². The van der Waals surface area contributed by atoms with Gasteiger partial charge in [-0.1, -0.05) is 46.3 Å². The van der Waals surface area contributed by atoms with Crippen LogP contribution < -0.4 is 10.6 Å². The molecule has 0 aliphatic carbocycles. The van der Waals surface area contributed by atoms with Crippen molar-refractivity contribution in [2.24, 2.45) is 5.73 Å². The smallest absolute Gasteiger partial charge is 0.140 e. The summed E-state index contributed by atoms with van der Waals surface area (Å²) < 4.78 is 1.07. The summed E-state index contributed by atoms with van der Waals surface area (Å²) in [5.74, 6) is 0.926. The monoisotopic (exact) mass is 341 g/mol. The Morgan fingerprint density at radius 1 is 1.05 bits per heavy atom. The predicted octanol–water partition coefficient (Wildman–Crippen LogP) is 4.22. The number of pyridine rings is 1. The Balaban J connectivity index is 2.18. The van der Waals surface area contributed by atoms with E-state index in [1.54, 1.807) is 0 Å². The highest BCUT2D eigenvalue weighted by Crippen LogP contribution is 2.33. The minimum atomic E-state index is 0.509. The molecule has 2 aromatic carbocycles. The van der Waals surface area contributed by atoms with Gasteiger partial charge in [0.25, 0.3) is 0 Å². The Kier molecular flexibility index (Phi) is 3.90. The van der Waals surface area contributed by atoms with Gasteiger partial charge < -0.3 is 10.6 Å². The fraction of sp³-hybridized carbons (Fsp3) is 0.118. The largest absolute Gasteiger partial charge is 0.329 e. The topological polar surface area (TPSA) is 42.1 Å². The first-order chi connectivity index (χ1) is 10.2. The number of halogens is 1.